The molecule has 1 amide bonds. The lowest BCUT2D eigenvalue weighted by atomic mass is 10.1. The summed E-state index contributed by atoms with van der Waals surface area (Å²) < 4.78 is 28.5. The number of benzene rings is 3. The largest absolute Gasteiger partial charge is 0.358 e. The Morgan fingerprint density at radius 2 is 1.67 bits per heavy atom. The van der Waals surface area contributed by atoms with Crippen molar-refractivity contribution >= 4 is 32.5 Å². The number of anilines is 1. The molecular formula is C26H27N3O3S. The number of nitrogens with one attached hydrogen (secondary N) is 3. The molecule has 4 aromatic rings. The molecule has 0 bridgehead atoms. The number of carbonyl (C=O) groups is 1. The molecule has 0 aliphatic heterocycles. The van der Waals surface area contributed by atoms with Crippen LogP contribution in [0, 0.1) is 27.7 Å². The number of H-pyrrole nitrogens is 1. The number of aromatic nitrogens is 1. The standard InChI is InChI=1S/C26H27N3O3S/c1-16-9-11-21(33(31,32)29-24-8-6-5-7-17(24)2)14-22(16)26(30)27-15-20-10-12-25-23(13-20)18(3)19(4)28-25/h5-14,28-29H,15H2,1-4H3,(H,27,30). The number of hydrogen-bond donors (Lipinski definition) is 3. The van der Waals surface area contributed by atoms with Gasteiger partial charge in [0.2, 0.25) is 0 Å². The maximum atomic E-state index is 12.9. The molecule has 4 rings (SSSR count). The van der Waals surface area contributed by atoms with E-state index in [-0.39, 0.29) is 10.8 Å². The first-order valence-electron chi connectivity index (χ1n) is 10.7. The lowest BCUT2D eigenvalue weighted by Crippen LogP contribution is -2.24. The fraction of sp³-hybridized carbons (Fsp3) is 0.192. The molecular weight excluding hydrogens is 434 g/mol. The number of rotatable bonds is 6. The summed E-state index contributed by atoms with van der Waals surface area (Å²) in [6.07, 6.45) is 0. The molecule has 33 heavy (non-hydrogen) atoms. The second-order valence-corrected chi connectivity index (χ2v) is 10.0. The van der Waals surface area contributed by atoms with Gasteiger partial charge in [-0.25, -0.2) is 8.42 Å². The van der Waals surface area contributed by atoms with E-state index >= 15 is 0 Å². The van der Waals surface area contributed by atoms with Crippen molar-refractivity contribution in [1.29, 1.82) is 0 Å². The third kappa shape index (κ3) is 4.64. The van der Waals surface area contributed by atoms with Crippen LogP contribution in [0.25, 0.3) is 10.9 Å². The zero-order valence-electron chi connectivity index (χ0n) is 19.1. The highest BCUT2D eigenvalue weighted by atomic mass is 32.2. The Morgan fingerprint density at radius 3 is 2.42 bits per heavy atom. The Kier molecular flexibility index (Phi) is 5.99. The SMILES string of the molecule is Cc1ccccc1NS(=O)(=O)c1ccc(C)c(C(=O)NCc2ccc3[nH]c(C)c(C)c3c2)c1. The molecule has 7 heteroatoms. The first-order valence-corrected chi connectivity index (χ1v) is 12.2. The van der Waals surface area contributed by atoms with Gasteiger partial charge in [0.15, 0.2) is 0 Å². The molecule has 0 fully saturated rings. The van der Waals surface area contributed by atoms with Crippen LogP contribution in [0.1, 0.15) is 38.3 Å². The second-order valence-electron chi connectivity index (χ2n) is 8.33. The molecule has 3 N–H and O–H groups in total. The van der Waals surface area contributed by atoms with Gasteiger partial charge in [0.05, 0.1) is 10.6 Å². The van der Waals surface area contributed by atoms with Gasteiger partial charge in [-0.2, -0.15) is 0 Å². The topological polar surface area (TPSA) is 91.1 Å². The third-order valence-electron chi connectivity index (χ3n) is 5.98. The zero-order chi connectivity index (χ0) is 23.8. The molecule has 1 aromatic heterocycles. The molecule has 170 valence electrons. The summed E-state index contributed by atoms with van der Waals surface area (Å²) in [6.45, 7) is 8.07. The first-order chi connectivity index (χ1) is 15.7. The van der Waals surface area contributed by atoms with Crippen molar-refractivity contribution < 1.29 is 13.2 Å². The summed E-state index contributed by atoms with van der Waals surface area (Å²) in [7, 11) is -3.84. The van der Waals surface area contributed by atoms with Crippen LogP contribution < -0.4 is 10.0 Å². The Bertz CT molecular complexity index is 1470. The van der Waals surface area contributed by atoms with Crippen molar-refractivity contribution in [3.8, 4) is 0 Å². The van der Waals surface area contributed by atoms with Gasteiger partial charge in [-0.05, 0) is 80.3 Å². The molecule has 0 atom stereocenters. The average molecular weight is 462 g/mol. The number of hydrogen-bond acceptors (Lipinski definition) is 3. The summed E-state index contributed by atoms with van der Waals surface area (Å²) in [5.74, 6) is -0.317. The van der Waals surface area contributed by atoms with Crippen LogP contribution in [0.15, 0.2) is 65.6 Å². The zero-order valence-corrected chi connectivity index (χ0v) is 19.9. The predicted octanol–water partition coefficient (Wildman–Crippen LogP) is 5.13. The number of para-hydroxylation sites is 1. The number of fused-ring (bicyclic) bond motifs is 1. The molecule has 0 saturated heterocycles. The number of carbonyl (C=O) groups excluding carboxylic acids is 1. The second kappa shape index (κ2) is 8.75. The molecule has 0 saturated carbocycles. The molecule has 1 heterocycles. The van der Waals surface area contributed by atoms with E-state index in [9.17, 15) is 13.2 Å². The summed E-state index contributed by atoms with van der Waals surface area (Å²) in [4.78, 5) is 16.3. The van der Waals surface area contributed by atoms with Gasteiger partial charge >= 0.3 is 0 Å². The van der Waals surface area contributed by atoms with Crippen LogP contribution in [0.4, 0.5) is 5.69 Å². The smallest absolute Gasteiger partial charge is 0.261 e. The fourth-order valence-electron chi connectivity index (χ4n) is 3.80. The number of aromatic amines is 1. The summed E-state index contributed by atoms with van der Waals surface area (Å²) in [5.41, 5.74) is 6.71. The molecule has 0 aliphatic carbocycles. The fourth-order valence-corrected chi connectivity index (χ4v) is 4.96. The van der Waals surface area contributed by atoms with E-state index in [1.54, 1.807) is 25.1 Å². The number of sulfonamides is 1. The third-order valence-corrected chi connectivity index (χ3v) is 7.34. The van der Waals surface area contributed by atoms with Crippen LogP contribution in [0.2, 0.25) is 0 Å². The van der Waals surface area contributed by atoms with Crippen molar-refractivity contribution in [2.75, 3.05) is 4.72 Å². The number of aryl methyl sites for hydroxylation is 4. The van der Waals surface area contributed by atoms with E-state index in [1.165, 1.54) is 17.7 Å². The Hall–Kier alpha value is -3.58. The quantitative estimate of drug-likeness (QED) is 0.372. The molecule has 0 unspecified atom stereocenters. The van der Waals surface area contributed by atoms with Crippen molar-refractivity contribution in [3.63, 3.8) is 0 Å². The lowest BCUT2D eigenvalue weighted by molar-refractivity contribution is 0.0950. The minimum absolute atomic E-state index is 0.0429. The predicted molar refractivity (Wildman–Crippen MR) is 132 cm³/mol. The van der Waals surface area contributed by atoms with Crippen molar-refractivity contribution in [3.05, 3.63) is 94.2 Å². The van der Waals surface area contributed by atoms with Gasteiger partial charge < -0.3 is 10.3 Å². The normalized spacial score (nSPS) is 11.5. The summed E-state index contributed by atoms with van der Waals surface area (Å²) in [6, 6.07) is 17.8. The average Bonchev–Trinajstić information content (AvgIpc) is 3.07. The molecule has 0 spiro atoms. The van der Waals surface area contributed by atoms with Gasteiger partial charge in [-0.15, -0.1) is 0 Å². The van der Waals surface area contributed by atoms with E-state index in [0.717, 1.165) is 27.7 Å². The highest BCUT2D eigenvalue weighted by Gasteiger charge is 2.19. The first kappa shape index (κ1) is 22.6. The van der Waals surface area contributed by atoms with Gasteiger partial charge in [0, 0.05) is 28.7 Å². The van der Waals surface area contributed by atoms with E-state index in [2.05, 4.69) is 28.0 Å². The monoisotopic (exact) mass is 461 g/mol. The van der Waals surface area contributed by atoms with Gasteiger partial charge in [-0.3, -0.25) is 9.52 Å². The minimum Gasteiger partial charge on any atom is -0.358 e. The van der Waals surface area contributed by atoms with Crippen LogP contribution in [0.3, 0.4) is 0 Å². The molecule has 0 radical (unpaired) electrons. The maximum absolute atomic E-state index is 12.9. The Morgan fingerprint density at radius 1 is 0.909 bits per heavy atom. The maximum Gasteiger partial charge on any atom is 0.261 e. The van der Waals surface area contributed by atoms with E-state index in [4.69, 9.17) is 0 Å². The molecule has 6 nitrogen and oxygen atoms in total. The van der Waals surface area contributed by atoms with Crippen LogP contribution >= 0.6 is 0 Å². The summed E-state index contributed by atoms with van der Waals surface area (Å²) >= 11 is 0. The van der Waals surface area contributed by atoms with Crippen molar-refractivity contribution in [2.45, 2.75) is 39.1 Å². The van der Waals surface area contributed by atoms with Crippen molar-refractivity contribution in [2.24, 2.45) is 0 Å². The Balaban J connectivity index is 1.54. The highest BCUT2D eigenvalue weighted by Crippen LogP contribution is 2.23. The van der Waals surface area contributed by atoms with Crippen LogP contribution in [-0.4, -0.2) is 19.3 Å². The van der Waals surface area contributed by atoms with Crippen molar-refractivity contribution in [1.82, 2.24) is 10.3 Å². The van der Waals surface area contributed by atoms with Crippen LogP contribution in [-0.2, 0) is 16.6 Å². The Labute approximate surface area is 194 Å². The summed E-state index contributed by atoms with van der Waals surface area (Å²) in [5, 5.41) is 4.05. The minimum atomic E-state index is -3.84. The van der Waals surface area contributed by atoms with Crippen LogP contribution in [0.5, 0.6) is 0 Å². The van der Waals surface area contributed by atoms with E-state index < -0.39 is 10.0 Å². The van der Waals surface area contributed by atoms with Gasteiger partial charge in [-0.1, -0.05) is 30.3 Å². The van der Waals surface area contributed by atoms with Gasteiger partial charge in [0.25, 0.3) is 15.9 Å². The molecule has 3 aromatic carbocycles. The highest BCUT2D eigenvalue weighted by molar-refractivity contribution is 7.92. The molecule has 0 aliphatic rings. The van der Waals surface area contributed by atoms with Gasteiger partial charge in [0.1, 0.15) is 0 Å². The van der Waals surface area contributed by atoms with E-state index in [1.807, 2.05) is 38.1 Å². The lowest BCUT2D eigenvalue weighted by Gasteiger charge is -2.13. The van der Waals surface area contributed by atoms with E-state index in [0.29, 0.717) is 23.4 Å². The number of amides is 1.